The number of hydrogen-bond acceptors (Lipinski definition) is 3. The van der Waals surface area contributed by atoms with Crippen LogP contribution in [0.1, 0.15) is 0 Å². The van der Waals surface area contributed by atoms with Crippen molar-refractivity contribution in [3.8, 4) is 0 Å². The molecule has 0 aliphatic carbocycles. The van der Waals surface area contributed by atoms with Gasteiger partial charge in [-0.3, -0.25) is 0 Å². The monoisotopic (exact) mass is 167 g/mol. The molecule has 0 amide bonds. The second-order valence-electron chi connectivity index (χ2n) is 1.54. The average molecular weight is 167 g/mol. The Morgan fingerprint density at radius 3 is 3.00 bits per heavy atom. The summed E-state index contributed by atoms with van der Waals surface area (Å²) in [6.07, 6.45) is 1.78. The zero-order valence-electron chi connectivity index (χ0n) is 5.36. The van der Waals surface area contributed by atoms with Crippen LogP contribution in [-0.4, -0.2) is 18.5 Å². The Labute approximate surface area is 69.8 Å². The molecule has 1 rings (SSSR count). The molecule has 1 nitrogen and oxygen atoms in total. The fourth-order valence-electron chi connectivity index (χ4n) is 0.491. The van der Waals surface area contributed by atoms with Crippen molar-refractivity contribution in [2.24, 2.45) is 0 Å². The summed E-state index contributed by atoms with van der Waals surface area (Å²) < 4.78 is 0. The van der Waals surface area contributed by atoms with Gasteiger partial charge in [-0.25, -0.2) is 4.98 Å². The topological polar surface area (TPSA) is 12.9 Å². The third kappa shape index (κ3) is 2.67. The smallest absolute Gasteiger partial charge is 0.106 e. The van der Waals surface area contributed by atoms with Gasteiger partial charge in [0.05, 0.1) is 7.85 Å². The van der Waals surface area contributed by atoms with Crippen LogP contribution in [0.5, 0.6) is 0 Å². The van der Waals surface area contributed by atoms with Crippen molar-refractivity contribution in [2.45, 2.75) is 5.03 Å². The zero-order valence-corrected chi connectivity index (χ0v) is 6.99. The van der Waals surface area contributed by atoms with E-state index < -0.39 is 0 Å². The Hall–Kier alpha value is -0.0851. The van der Waals surface area contributed by atoms with E-state index in [1.54, 1.807) is 27.8 Å². The molecule has 10 heavy (non-hydrogen) atoms. The highest BCUT2D eigenvalue weighted by molar-refractivity contribution is 8.76. The van der Waals surface area contributed by atoms with Crippen LogP contribution in [0.2, 0.25) is 0 Å². The highest BCUT2D eigenvalue weighted by Crippen LogP contribution is 2.27. The van der Waals surface area contributed by atoms with Crippen molar-refractivity contribution < 1.29 is 0 Å². The molecule has 0 aromatic carbocycles. The van der Waals surface area contributed by atoms with E-state index in [-0.39, 0.29) is 0 Å². The van der Waals surface area contributed by atoms with E-state index in [0.717, 1.165) is 5.03 Å². The van der Waals surface area contributed by atoms with Crippen LogP contribution in [0.4, 0.5) is 0 Å². The molecule has 0 fully saturated rings. The zero-order chi connectivity index (χ0) is 7.23. The quantitative estimate of drug-likeness (QED) is 0.504. The lowest BCUT2D eigenvalue weighted by Gasteiger charge is -1.94. The minimum atomic E-state index is 0.626. The molecule has 0 bridgehead atoms. The van der Waals surface area contributed by atoms with Crippen LogP contribution in [0.3, 0.4) is 0 Å². The molecule has 1 heterocycles. The predicted octanol–water partition coefficient (Wildman–Crippen LogP) is 1.95. The molecule has 4 heteroatoms. The van der Waals surface area contributed by atoms with Gasteiger partial charge in [0, 0.05) is 6.20 Å². The van der Waals surface area contributed by atoms with Crippen LogP contribution < -0.4 is 0 Å². The van der Waals surface area contributed by atoms with E-state index in [0.29, 0.717) is 5.65 Å². The summed E-state index contributed by atoms with van der Waals surface area (Å²) in [5, 5.41) is 1.01. The van der Waals surface area contributed by atoms with Gasteiger partial charge in [-0.2, -0.15) is 0 Å². The lowest BCUT2D eigenvalue weighted by molar-refractivity contribution is 1.14. The molecule has 1 aromatic heterocycles. The normalized spacial score (nSPS) is 9.60. The first-order valence-corrected chi connectivity index (χ1v) is 5.16. The minimum Gasteiger partial charge on any atom is -0.249 e. The van der Waals surface area contributed by atoms with Gasteiger partial charge < -0.3 is 0 Å². The highest BCUT2D eigenvalue weighted by atomic mass is 33.1. The molecule has 0 atom stereocenters. The summed E-state index contributed by atoms with van der Waals surface area (Å²) >= 11 is 0. The fraction of sp³-hybridized carbons (Fsp3) is 0.167. The Morgan fingerprint density at radius 2 is 2.40 bits per heavy atom. The lowest BCUT2D eigenvalue weighted by Crippen LogP contribution is -1.74. The molecule has 0 aliphatic heterocycles. The number of aromatic nitrogens is 1. The van der Waals surface area contributed by atoms with Crippen molar-refractivity contribution >= 4 is 29.4 Å². The molecular formula is C6H6BNS2. The summed E-state index contributed by atoms with van der Waals surface area (Å²) in [7, 11) is 8.48. The third-order valence-corrected chi connectivity index (χ3v) is 2.79. The van der Waals surface area contributed by atoms with Crippen LogP contribution in [0.15, 0.2) is 29.4 Å². The van der Waals surface area contributed by atoms with E-state index in [9.17, 15) is 0 Å². The van der Waals surface area contributed by atoms with Gasteiger partial charge in [-0.1, -0.05) is 16.9 Å². The lowest BCUT2D eigenvalue weighted by atomic mass is 10.2. The van der Waals surface area contributed by atoms with Gasteiger partial charge in [0.15, 0.2) is 0 Å². The van der Waals surface area contributed by atoms with Gasteiger partial charge in [-0.15, -0.1) is 0 Å². The molecule has 0 saturated heterocycles. The number of nitrogens with zero attached hydrogens (tertiary/aromatic N) is 1. The van der Waals surface area contributed by atoms with Crippen molar-refractivity contribution in [1.82, 2.24) is 4.98 Å². The predicted molar refractivity (Wildman–Crippen MR) is 48.3 cm³/mol. The molecule has 2 radical (unpaired) electrons. The Morgan fingerprint density at radius 1 is 1.50 bits per heavy atom. The Balaban J connectivity index is 2.43. The highest BCUT2D eigenvalue weighted by Gasteiger charge is 1.90. The van der Waals surface area contributed by atoms with Gasteiger partial charge in [0.1, 0.15) is 5.03 Å². The van der Waals surface area contributed by atoms with Crippen molar-refractivity contribution in [3.63, 3.8) is 0 Å². The first kappa shape index (κ1) is 8.02. The maximum Gasteiger partial charge on any atom is 0.106 e. The molecule has 0 unspecified atom stereocenters. The molecule has 0 N–H and O–H groups in total. The van der Waals surface area contributed by atoms with Crippen molar-refractivity contribution in [3.05, 3.63) is 24.4 Å². The molecule has 0 saturated carbocycles. The van der Waals surface area contributed by atoms with Gasteiger partial charge in [0.2, 0.25) is 0 Å². The summed E-state index contributed by atoms with van der Waals surface area (Å²) in [6, 6.07) is 5.83. The van der Waals surface area contributed by atoms with Crippen LogP contribution >= 0.6 is 21.6 Å². The molecule has 0 spiro atoms. The Kier molecular flexibility index (Phi) is 3.76. The van der Waals surface area contributed by atoms with Crippen molar-refractivity contribution in [2.75, 3.05) is 5.65 Å². The second-order valence-corrected chi connectivity index (χ2v) is 3.90. The number of rotatable bonds is 3. The summed E-state index contributed by atoms with van der Waals surface area (Å²) in [5.41, 5.74) is 0.626. The second kappa shape index (κ2) is 4.69. The third-order valence-electron chi connectivity index (χ3n) is 0.850. The van der Waals surface area contributed by atoms with Gasteiger partial charge in [-0.05, 0) is 28.6 Å². The van der Waals surface area contributed by atoms with E-state index in [1.807, 2.05) is 18.2 Å². The first-order chi connectivity index (χ1) is 4.93. The SMILES string of the molecule is [B]CSSc1ccccn1. The maximum atomic E-state index is 5.29. The first-order valence-electron chi connectivity index (χ1n) is 2.84. The van der Waals surface area contributed by atoms with E-state index in [1.165, 1.54) is 0 Å². The average Bonchev–Trinajstić information content (AvgIpc) is 2.03. The summed E-state index contributed by atoms with van der Waals surface area (Å²) in [4.78, 5) is 4.10. The maximum absolute atomic E-state index is 5.29. The van der Waals surface area contributed by atoms with Gasteiger partial charge >= 0.3 is 0 Å². The molecule has 0 aliphatic rings. The standard InChI is InChI=1S/C6H6BNS2/c7-5-9-10-6-3-1-2-4-8-6/h1-4H,5H2. The summed E-state index contributed by atoms with van der Waals surface area (Å²) in [5.74, 6) is 0. The number of hydrogen-bond donors (Lipinski definition) is 0. The van der Waals surface area contributed by atoms with Crippen LogP contribution in [0, 0.1) is 0 Å². The summed E-state index contributed by atoms with van der Waals surface area (Å²) in [6.45, 7) is 0. The van der Waals surface area contributed by atoms with Crippen LogP contribution in [-0.2, 0) is 0 Å². The van der Waals surface area contributed by atoms with E-state index in [2.05, 4.69) is 4.98 Å². The van der Waals surface area contributed by atoms with E-state index in [4.69, 9.17) is 7.85 Å². The molecule has 1 aromatic rings. The minimum absolute atomic E-state index is 0.626. The number of pyridine rings is 1. The van der Waals surface area contributed by atoms with Crippen molar-refractivity contribution in [1.29, 1.82) is 0 Å². The largest absolute Gasteiger partial charge is 0.249 e. The Bertz CT molecular complexity index is 180. The van der Waals surface area contributed by atoms with Gasteiger partial charge in [0.25, 0.3) is 0 Å². The molecular weight excluding hydrogens is 161 g/mol. The van der Waals surface area contributed by atoms with Crippen LogP contribution in [0.25, 0.3) is 0 Å². The van der Waals surface area contributed by atoms with E-state index >= 15 is 0 Å². The fourth-order valence-corrected chi connectivity index (χ4v) is 1.78. The molecule has 50 valence electrons.